The van der Waals surface area contributed by atoms with E-state index in [4.69, 9.17) is 14.2 Å². The molecule has 1 aromatic heterocycles. The Morgan fingerprint density at radius 2 is 1.47 bits per heavy atom. The number of hydrogen-bond acceptors (Lipinski definition) is 7. The van der Waals surface area contributed by atoms with Gasteiger partial charge in [0.1, 0.15) is 19.4 Å². The minimum absolute atomic E-state index is 0.0532. The molecule has 9 heteroatoms. The molecule has 0 saturated carbocycles. The van der Waals surface area contributed by atoms with Crippen LogP contribution in [0.3, 0.4) is 0 Å². The van der Waals surface area contributed by atoms with E-state index < -0.39 is 17.2 Å². The lowest BCUT2D eigenvalue weighted by molar-refractivity contribution is -0.136. The van der Waals surface area contributed by atoms with E-state index in [2.05, 4.69) is 10.1 Å². The Labute approximate surface area is 182 Å². The molecule has 2 heterocycles. The maximum absolute atomic E-state index is 12.5. The first-order valence-corrected chi connectivity index (χ1v) is 9.77. The molecule has 0 spiro atoms. The quantitative estimate of drug-likeness (QED) is 0.541. The number of nitrogens with one attached hydrogen (secondary N) is 1. The highest BCUT2D eigenvalue weighted by atomic mass is 16.6. The summed E-state index contributed by atoms with van der Waals surface area (Å²) >= 11 is 0. The number of benzene rings is 2. The molecule has 0 aliphatic carbocycles. The second-order valence-corrected chi connectivity index (χ2v) is 6.79. The van der Waals surface area contributed by atoms with Crippen LogP contribution in [0.1, 0.15) is 11.1 Å². The molecule has 0 atom stereocenters. The van der Waals surface area contributed by atoms with E-state index in [-0.39, 0.29) is 37.0 Å². The lowest BCUT2D eigenvalue weighted by Gasteiger charge is -2.10. The van der Waals surface area contributed by atoms with Crippen molar-refractivity contribution in [1.29, 1.82) is 0 Å². The molecule has 1 N–H and O–H groups in total. The summed E-state index contributed by atoms with van der Waals surface area (Å²) in [4.78, 5) is 37.7. The molecule has 0 saturated heterocycles. The number of cyclic esters (lactones) is 1. The molecule has 162 valence electrons. The van der Waals surface area contributed by atoms with Crippen LogP contribution in [0.15, 0.2) is 99.8 Å². The van der Waals surface area contributed by atoms with Crippen LogP contribution in [0.5, 0.6) is 0 Å². The summed E-state index contributed by atoms with van der Waals surface area (Å²) in [5, 5.41) is 3.76. The Kier molecular flexibility index (Phi) is 6.26. The van der Waals surface area contributed by atoms with Crippen LogP contribution < -0.4 is 11.2 Å². The Balaban J connectivity index is 1.59. The van der Waals surface area contributed by atoms with Crippen LogP contribution in [-0.2, 0) is 38.8 Å². The highest BCUT2D eigenvalue weighted by Crippen LogP contribution is 2.29. The van der Waals surface area contributed by atoms with Crippen LogP contribution in [0, 0.1) is 0 Å². The van der Waals surface area contributed by atoms with Gasteiger partial charge in [-0.2, -0.15) is 5.10 Å². The predicted octanol–water partition coefficient (Wildman–Crippen LogP) is 2.02. The fourth-order valence-corrected chi connectivity index (χ4v) is 2.93. The number of rotatable bonds is 8. The Bertz CT molecular complexity index is 1280. The van der Waals surface area contributed by atoms with E-state index in [0.717, 1.165) is 22.0 Å². The molecule has 1 aliphatic heterocycles. The van der Waals surface area contributed by atoms with Gasteiger partial charge in [-0.1, -0.05) is 60.7 Å². The van der Waals surface area contributed by atoms with Gasteiger partial charge in [-0.25, -0.2) is 14.3 Å². The third-order valence-electron chi connectivity index (χ3n) is 4.50. The minimum atomic E-state index is -0.697. The molecule has 0 fully saturated rings. The third kappa shape index (κ3) is 5.01. The van der Waals surface area contributed by atoms with Crippen molar-refractivity contribution in [3.63, 3.8) is 0 Å². The first-order valence-electron chi connectivity index (χ1n) is 9.77. The summed E-state index contributed by atoms with van der Waals surface area (Å²) in [6.07, 6.45) is 2.45. The van der Waals surface area contributed by atoms with Crippen LogP contribution in [-0.4, -0.2) is 20.7 Å². The second-order valence-electron chi connectivity index (χ2n) is 6.79. The van der Waals surface area contributed by atoms with E-state index in [9.17, 15) is 14.4 Å². The number of ether oxygens (including phenoxy) is 3. The first-order chi connectivity index (χ1) is 15.6. The van der Waals surface area contributed by atoms with Gasteiger partial charge in [0.2, 0.25) is 5.76 Å². The van der Waals surface area contributed by atoms with Crippen LogP contribution in [0.2, 0.25) is 0 Å². The standard InChI is InChI=1S/C23H19N3O6/c27-19-13-24-26(23(29)25-19)12-11-18-20(30-14-16-7-3-1-4-8-16)21(22(28)32-18)31-15-17-9-5-2-6-10-17/h1-11,13H,12,14-15H2,(H,25,27,29)/b18-11-. The van der Waals surface area contributed by atoms with E-state index in [1.807, 2.05) is 60.7 Å². The Hall–Kier alpha value is -4.40. The average molecular weight is 433 g/mol. The fraction of sp³-hybridized carbons (Fsp3) is 0.130. The van der Waals surface area contributed by atoms with Gasteiger partial charge in [0.15, 0.2) is 5.76 Å². The van der Waals surface area contributed by atoms with Crippen LogP contribution >= 0.6 is 0 Å². The normalized spacial score (nSPS) is 14.5. The third-order valence-corrected chi connectivity index (χ3v) is 4.50. The average Bonchev–Trinajstić information content (AvgIpc) is 3.11. The zero-order valence-corrected chi connectivity index (χ0v) is 16.9. The summed E-state index contributed by atoms with van der Waals surface area (Å²) < 4.78 is 18.0. The van der Waals surface area contributed by atoms with Crippen molar-refractivity contribution in [2.75, 3.05) is 0 Å². The molecule has 0 amide bonds. The van der Waals surface area contributed by atoms with Gasteiger partial charge in [0, 0.05) is 0 Å². The molecule has 9 nitrogen and oxygen atoms in total. The van der Waals surface area contributed by atoms with Crippen molar-refractivity contribution in [1.82, 2.24) is 14.8 Å². The number of carbonyl (C=O) groups is 1. The number of allylic oxidation sites excluding steroid dienone is 1. The minimum Gasteiger partial charge on any atom is -0.481 e. The number of esters is 1. The summed E-state index contributed by atoms with van der Waals surface area (Å²) in [5.74, 6) is -0.518. The lowest BCUT2D eigenvalue weighted by atomic mass is 10.2. The molecule has 1 aliphatic rings. The maximum Gasteiger partial charge on any atom is 0.383 e. The largest absolute Gasteiger partial charge is 0.481 e. The molecular weight excluding hydrogens is 414 g/mol. The van der Waals surface area contributed by atoms with E-state index in [1.54, 1.807) is 0 Å². The number of aromatic nitrogens is 3. The van der Waals surface area contributed by atoms with E-state index in [0.29, 0.717) is 0 Å². The SMILES string of the molecule is O=C1O/C(=C\Cn2ncc(=O)[nH]c2=O)C(OCc2ccccc2)=C1OCc1ccccc1. The maximum atomic E-state index is 12.5. The van der Waals surface area contributed by atoms with Crippen molar-refractivity contribution in [2.45, 2.75) is 19.8 Å². The summed E-state index contributed by atoms with van der Waals surface area (Å²) in [6.45, 7) is 0.277. The molecule has 2 aromatic carbocycles. The highest BCUT2D eigenvalue weighted by molar-refractivity contribution is 5.91. The summed E-state index contributed by atoms with van der Waals surface area (Å²) in [6, 6.07) is 18.8. The molecular formula is C23H19N3O6. The van der Waals surface area contributed by atoms with Gasteiger partial charge in [-0.05, 0) is 17.2 Å². The van der Waals surface area contributed by atoms with E-state index in [1.165, 1.54) is 6.08 Å². The molecule has 0 radical (unpaired) electrons. The molecule has 3 aromatic rings. The van der Waals surface area contributed by atoms with Crippen molar-refractivity contribution in [2.24, 2.45) is 0 Å². The zero-order chi connectivity index (χ0) is 22.3. The number of nitrogens with zero attached hydrogens (tertiary/aromatic N) is 2. The second kappa shape index (κ2) is 9.61. The number of H-pyrrole nitrogens is 1. The Morgan fingerprint density at radius 3 is 2.06 bits per heavy atom. The number of carbonyl (C=O) groups excluding carboxylic acids is 1. The molecule has 0 bridgehead atoms. The smallest absolute Gasteiger partial charge is 0.383 e. The fourth-order valence-electron chi connectivity index (χ4n) is 2.93. The molecule has 4 rings (SSSR count). The zero-order valence-electron chi connectivity index (χ0n) is 16.9. The van der Waals surface area contributed by atoms with Gasteiger partial charge in [0.05, 0.1) is 6.54 Å². The Morgan fingerprint density at radius 1 is 0.875 bits per heavy atom. The highest BCUT2D eigenvalue weighted by Gasteiger charge is 2.34. The predicted molar refractivity (Wildman–Crippen MR) is 113 cm³/mol. The molecule has 32 heavy (non-hydrogen) atoms. The topological polar surface area (TPSA) is 113 Å². The van der Waals surface area contributed by atoms with E-state index >= 15 is 0 Å². The number of aromatic amines is 1. The van der Waals surface area contributed by atoms with Gasteiger partial charge in [-0.3, -0.25) is 9.78 Å². The monoisotopic (exact) mass is 433 g/mol. The van der Waals surface area contributed by atoms with Gasteiger partial charge in [0.25, 0.3) is 11.3 Å². The van der Waals surface area contributed by atoms with Crippen molar-refractivity contribution in [3.8, 4) is 0 Å². The van der Waals surface area contributed by atoms with Gasteiger partial charge < -0.3 is 14.2 Å². The van der Waals surface area contributed by atoms with Crippen LogP contribution in [0.25, 0.3) is 0 Å². The van der Waals surface area contributed by atoms with Gasteiger partial charge >= 0.3 is 11.7 Å². The summed E-state index contributed by atoms with van der Waals surface area (Å²) in [5.41, 5.74) is 0.473. The lowest BCUT2D eigenvalue weighted by Crippen LogP contribution is -2.31. The summed E-state index contributed by atoms with van der Waals surface area (Å²) in [7, 11) is 0. The number of hydrogen-bond donors (Lipinski definition) is 1. The van der Waals surface area contributed by atoms with Crippen molar-refractivity contribution in [3.05, 3.63) is 122 Å². The first kappa shape index (κ1) is 20.9. The van der Waals surface area contributed by atoms with Crippen LogP contribution in [0.4, 0.5) is 0 Å². The van der Waals surface area contributed by atoms with Crippen molar-refractivity contribution >= 4 is 5.97 Å². The molecule has 0 unspecified atom stereocenters. The van der Waals surface area contributed by atoms with Crippen molar-refractivity contribution < 1.29 is 19.0 Å². The van der Waals surface area contributed by atoms with Gasteiger partial charge in [-0.15, -0.1) is 0 Å².